The minimum atomic E-state index is -1.31. The Morgan fingerprint density at radius 1 is 1.12 bits per heavy atom. The predicted molar refractivity (Wildman–Crippen MR) is 27.0 cm³/mol. The molecule has 0 amide bonds. The molecule has 0 bridgehead atoms. The second-order valence-corrected chi connectivity index (χ2v) is 0.964. The van der Waals surface area contributed by atoms with Gasteiger partial charge in [-0.2, -0.15) is 0 Å². The van der Waals surface area contributed by atoms with Gasteiger partial charge < -0.3 is 10.2 Å². The van der Waals surface area contributed by atoms with E-state index in [0.717, 1.165) is 0 Å². The van der Waals surface area contributed by atoms with E-state index in [4.69, 9.17) is 10.2 Å². The first-order chi connectivity index (χ1) is 3.13. The summed E-state index contributed by atoms with van der Waals surface area (Å²) in [5.74, 6) is -2.62. The molecule has 0 aromatic rings. The Balaban J connectivity index is 0. The van der Waals surface area contributed by atoms with E-state index < -0.39 is 18.4 Å². The standard InChI is InChI=1S/C3H4O4.Li.H/c4-2(5)1-3(6)7;;/h1H2,(H,4,5)(H,6,7);;. The molecule has 5 heteroatoms. The summed E-state index contributed by atoms with van der Waals surface area (Å²) in [6, 6.07) is 0. The summed E-state index contributed by atoms with van der Waals surface area (Å²) in [4.78, 5) is 18.9. The summed E-state index contributed by atoms with van der Waals surface area (Å²) in [6.07, 6.45) is -0.806. The second-order valence-electron chi connectivity index (χ2n) is 0.964. The van der Waals surface area contributed by atoms with Crippen molar-refractivity contribution in [3.05, 3.63) is 0 Å². The summed E-state index contributed by atoms with van der Waals surface area (Å²) < 4.78 is 0. The van der Waals surface area contributed by atoms with Crippen molar-refractivity contribution < 1.29 is 19.8 Å². The van der Waals surface area contributed by atoms with E-state index in [9.17, 15) is 9.59 Å². The van der Waals surface area contributed by atoms with Gasteiger partial charge in [0.15, 0.2) is 0 Å². The topological polar surface area (TPSA) is 74.6 Å². The minimum absolute atomic E-state index is 0. The van der Waals surface area contributed by atoms with Gasteiger partial charge in [-0.3, -0.25) is 9.59 Å². The molecule has 0 saturated heterocycles. The molecule has 0 unspecified atom stereocenters. The van der Waals surface area contributed by atoms with Gasteiger partial charge in [-0.05, 0) is 0 Å². The van der Waals surface area contributed by atoms with Crippen LogP contribution >= 0.6 is 0 Å². The fourth-order valence-electron chi connectivity index (χ4n) is 0.129. The molecular formula is C3H5LiO4. The molecule has 0 aliphatic carbocycles. The normalized spacial score (nSPS) is 7.00. The number of hydrogen-bond donors (Lipinski definition) is 2. The van der Waals surface area contributed by atoms with Crippen LogP contribution in [-0.4, -0.2) is 41.0 Å². The maximum atomic E-state index is 9.43. The Morgan fingerprint density at radius 2 is 1.38 bits per heavy atom. The average molecular weight is 112 g/mol. The van der Waals surface area contributed by atoms with Crippen LogP contribution in [-0.2, 0) is 9.59 Å². The van der Waals surface area contributed by atoms with Gasteiger partial charge in [-0.15, -0.1) is 0 Å². The van der Waals surface area contributed by atoms with Gasteiger partial charge >= 0.3 is 30.8 Å². The van der Waals surface area contributed by atoms with Crippen LogP contribution in [0, 0.1) is 0 Å². The Morgan fingerprint density at radius 3 is 1.38 bits per heavy atom. The molecule has 0 aromatic heterocycles. The molecule has 0 aliphatic rings. The number of carboxylic acids is 2. The Bertz CT molecular complexity index is 87.5. The van der Waals surface area contributed by atoms with Crippen molar-refractivity contribution in [3.8, 4) is 0 Å². The number of hydrogen-bond acceptors (Lipinski definition) is 2. The summed E-state index contributed by atoms with van der Waals surface area (Å²) in [7, 11) is 0. The number of carboxylic acid groups (broad SMARTS) is 2. The van der Waals surface area contributed by atoms with E-state index in [-0.39, 0.29) is 18.9 Å². The zero-order valence-corrected chi connectivity index (χ0v) is 3.42. The fourth-order valence-corrected chi connectivity index (χ4v) is 0.129. The summed E-state index contributed by atoms with van der Waals surface area (Å²) in [5.41, 5.74) is 0. The first kappa shape index (κ1) is 10.5. The summed E-state index contributed by atoms with van der Waals surface area (Å²) >= 11 is 0. The molecule has 0 fully saturated rings. The van der Waals surface area contributed by atoms with E-state index in [1.54, 1.807) is 0 Å². The van der Waals surface area contributed by atoms with E-state index in [1.807, 2.05) is 0 Å². The van der Waals surface area contributed by atoms with Gasteiger partial charge in [-0.1, -0.05) is 0 Å². The number of rotatable bonds is 2. The molecule has 0 rings (SSSR count). The van der Waals surface area contributed by atoms with Crippen molar-refractivity contribution in [2.75, 3.05) is 0 Å². The van der Waals surface area contributed by atoms with Gasteiger partial charge in [0.2, 0.25) is 0 Å². The fraction of sp³-hybridized carbons (Fsp3) is 0.333. The third kappa shape index (κ3) is 9.11. The molecule has 0 spiro atoms. The van der Waals surface area contributed by atoms with E-state index >= 15 is 0 Å². The van der Waals surface area contributed by atoms with Gasteiger partial charge in [-0.25, -0.2) is 0 Å². The van der Waals surface area contributed by atoms with E-state index in [2.05, 4.69) is 0 Å². The first-order valence-electron chi connectivity index (χ1n) is 1.56. The van der Waals surface area contributed by atoms with Gasteiger partial charge in [0.05, 0.1) is 0 Å². The summed E-state index contributed by atoms with van der Waals surface area (Å²) in [5, 5.41) is 15.4. The van der Waals surface area contributed by atoms with E-state index in [0.29, 0.717) is 0 Å². The van der Waals surface area contributed by atoms with Crippen LogP contribution in [0.15, 0.2) is 0 Å². The Hall–Kier alpha value is -0.463. The third-order valence-electron chi connectivity index (χ3n) is 0.302. The van der Waals surface area contributed by atoms with E-state index in [1.165, 1.54) is 0 Å². The quantitative estimate of drug-likeness (QED) is 0.351. The SMILES string of the molecule is O=C(O)CC(=O)O.[LiH]. The maximum absolute atomic E-state index is 9.43. The molecule has 0 aromatic carbocycles. The van der Waals surface area contributed by atoms with Crippen molar-refractivity contribution in [1.29, 1.82) is 0 Å². The van der Waals surface area contributed by atoms with Gasteiger partial charge in [0.1, 0.15) is 6.42 Å². The number of carbonyl (C=O) groups is 2. The molecule has 0 heterocycles. The van der Waals surface area contributed by atoms with Crippen molar-refractivity contribution in [2.24, 2.45) is 0 Å². The predicted octanol–water partition coefficient (Wildman–Crippen LogP) is -1.10. The van der Waals surface area contributed by atoms with Crippen molar-refractivity contribution >= 4 is 30.8 Å². The zero-order chi connectivity index (χ0) is 5.86. The van der Waals surface area contributed by atoms with Gasteiger partial charge in [0.25, 0.3) is 0 Å². The van der Waals surface area contributed by atoms with Gasteiger partial charge in [0, 0.05) is 0 Å². The van der Waals surface area contributed by atoms with Crippen LogP contribution in [0.2, 0.25) is 0 Å². The van der Waals surface area contributed by atoms with Crippen LogP contribution < -0.4 is 0 Å². The Kier molecular flexibility index (Phi) is 6.16. The number of aliphatic carboxylic acids is 2. The van der Waals surface area contributed by atoms with Crippen molar-refractivity contribution in [1.82, 2.24) is 0 Å². The molecule has 0 aliphatic heterocycles. The monoisotopic (exact) mass is 112 g/mol. The van der Waals surface area contributed by atoms with Crippen LogP contribution in [0.4, 0.5) is 0 Å². The zero-order valence-electron chi connectivity index (χ0n) is 3.42. The van der Waals surface area contributed by atoms with Crippen LogP contribution in [0.1, 0.15) is 6.42 Å². The molecule has 0 radical (unpaired) electrons. The Labute approximate surface area is 57.7 Å². The third-order valence-corrected chi connectivity index (χ3v) is 0.302. The molecule has 8 heavy (non-hydrogen) atoms. The molecule has 0 atom stereocenters. The average Bonchev–Trinajstić information content (AvgIpc) is 1.27. The van der Waals surface area contributed by atoms with Crippen LogP contribution in [0.5, 0.6) is 0 Å². The molecule has 0 saturated carbocycles. The molecule has 42 valence electrons. The van der Waals surface area contributed by atoms with Crippen molar-refractivity contribution in [3.63, 3.8) is 0 Å². The molecular weight excluding hydrogens is 107 g/mol. The van der Waals surface area contributed by atoms with Crippen molar-refractivity contribution in [2.45, 2.75) is 6.42 Å². The molecule has 2 N–H and O–H groups in total. The molecule has 4 nitrogen and oxygen atoms in total. The first-order valence-corrected chi connectivity index (χ1v) is 1.56. The van der Waals surface area contributed by atoms with Crippen LogP contribution in [0.3, 0.4) is 0 Å². The van der Waals surface area contributed by atoms with Crippen LogP contribution in [0.25, 0.3) is 0 Å². The summed E-state index contributed by atoms with van der Waals surface area (Å²) in [6.45, 7) is 0. The second kappa shape index (κ2) is 4.69.